The van der Waals surface area contributed by atoms with Crippen LogP contribution in [0, 0.1) is 16.6 Å². The van der Waals surface area contributed by atoms with E-state index >= 15 is 0 Å². The first-order valence-electron chi connectivity index (χ1n) is 9.50. The lowest BCUT2D eigenvalue weighted by Crippen LogP contribution is -2.65. The molecule has 0 unspecified atom stereocenters. The first kappa shape index (κ1) is 19.1. The van der Waals surface area contributed by atoms with Crippen LogP contribution in [0.4, 0.5) is 4.39 Å². The van der Waals surface area contributed by atoms with Gasteiger partial charge in [0.1, 0.15) is 24.0 Å². The van der Waals surface area contributed by atoms with Gasteiger partial charge in [-0.25, -0.2) is 4.39 Å². The van der Waals surface area contributed by atoms with E-state index in [2.05, 4.69) is 5.10 Å². The molecule has 7 heteroatoms. The van der Waals surface area contributed by atoms with Gasteiger partial charge in [-0.3, -0.25) is 14.3 Å². The summed E-state index contributed by atoms with van der Waals surface area (Å²) in [7, 11) is 0. The molecule has 28 heavy (non-hydrogen) atoms. The van der Waals surface area contributed by atoms with Crippen molar-refractivity contribution in [2.45, 2.75) is 45.1 Å². The molecule has 1 heterocycles. The Bertz CT molecular complexity index is 877. The van der Waals surface area contributed by atoms with Crippen LogP contribution in [0.5, 0.6) is 5.75 Å². The third-order valence-corrected chi connectivity index (χ3v) is 6.25. The molecular weight excluding hydrogens is 383 g/mol. The van der Waals surface area contributed by atoms with E-state index in [1.807, 2.05) is 16.9 Å². The Labute approximate surface area is 167 Å². The molecule has 0 N–H and O–H groups in total. The van der Waals surface area contributed by atoms with Gasteiger partial charge in [-0.1, -0.05) is 11.6 Å². The summed E-state index contributed by atoms with van der Waals surface area (Å²) in [5.41, 5.74) is -0.214. The third-order valence-electron chi connectivity index (χ3n) is 5.94. The molecule has 0 amide bonds. The van der Waals surface area contributed by atoms with Gasteiger partial charge in [-0.2, -0.15) is 5.10 Å². The van der Waals surface area contributed by atoms with Gasteiger partial charge in [0.05, 0.1) is 5.02 Å². The summed E-state index contributed by atoms with van der Waals surface area (Å²) in [4.78, 5) is 24.8. The molecule has 1 aromatic carbocycles. The quantitative estimate of drug-likeness (QED) is 0.594. The second-order valence-electron chi connectivity index (χ2n) is 8.19. The number of carbonyl (C=O) groups excluding carboxylic acids is 2. The lowest BCUT2D eigenvalue weighted by atomic mass is 9.33. The second-order valence-corrected chi connectivity index (χ2v) is 8.59. The van der Waals surface area contributed by atoms with Crippen molar-refractivity contribution >= 4 is 23.2 Å². The second kappa shape index (κ2) is 7.32. The van der Waals surface area contributed by atoms with Crippen LogP contribution in [0.15, 0.2) is 36.7 Å². The zero-order chi connectivity index (χ0) is 19.8. The predicted octanol–water partition coefficient (Wildman–Crippen LogP) is 4.23. The molecule has 1 aromatic heterocycles. The Morgan fingerprint density at radius 2 is 2.07 bits per heavy atom. The summed E-state index contributed by atoms with van der Waals surface area (Å²) in [5, 5.41) is 4.16. The molecule has 2 bridgehead atoms. The predicted molar refractivity (Wildman–Crippen MR) is 102 cm³/mol. The van der Waals surface area contributed by atoms with Gasteiger partial charge < -0.3 is 4.74 Å². The number of Topliss-reactive ketones (excluding diaryl/α,β-unsaturated/α-hetero) is 2. The van der Waals surface area contributed by atoms with Gasteiger partial charge in [0.2, 0.25) is 0 Å². The molecule has 3 aliphatic rings. The average Bonchev–Trinajstić information content (AvgIpc) is 3.11. The summed E-state index contributed by atoms with van der Waals surface area (Å²) in [6.45, 7) is 0.661. The lowest BCUT2D eigenvalue weighted by molar-refractivity contribution is -0.208. The summed E-state index contributed by atoms with van der Waals surface area (Å²) in [6.07, 6.45) is 7.83. The minimum Gasteiger partial charge on any atom is -0.486 e. The third kappa shape index (κ3) is 3.70. The highest BCUT2D eigenvalue weighted by atomic mass is 35.5. The SMILES string of the molecule is O=C(COc1ccc(Cl)c(F)c1)CC12CC(C(=O)CCCn3cccn3)(C1)C2. The lowest BCUT2D eigenvalue weighted by Gasteiger charge is -2.70. The Hall–Kier alpha value is -2.21. The number of hydrogen-bond donors (Lipinski definition) is 0. The van der Waals surface area contributed by atoms with Crippen LogP contribution < -0.4 is 4.74 Å². The minimum atomic E-state index is -0.570. The molecule has 148 valence electrons. The fourth-order valence-electron chi connectivity index (χ4n) is 4.78. The number of ether oxygens (including phenoxy) is 1. The van der Waals surface area contributed by atoms with E-state index in [4.69, 9.17) is 16.3 Å². The molecule has 0 saturated heterocycles. The van der Waals surface area contributed by atoms with Gasteiger partial charge in [0.15, 0.2) is 5.78 Å². The first-order valence-corrected chi connectivity index (χ1v) is 9.88. The number of aromatic nitrogens is 2. The van der Waals surface area contributed by atoms with Gasteiger partial charge in [0.25, 0.3) is 0 Å². The largest absolute Gasteiger partial charge is 0.486 e. The maximum absolute atomic E-state index is 13.4. The van der Waals surface area contributed by atoms with Crippen LogP contribution in [-0.2, 0) is 16.1 Å². The van der Waals surface area contributed by atoms with E-state index in [9.17, 15) is 14.0 Å². The average molecular weight is 405 g/mol. The normalized spacial score (nSPS) is 24.9. The number of hydrogen-bond acceptors (Lipinski definition) is 4. The summed E-state index contributed by atoms with van der Waals surface area (Å²) < 4.78 is 20.6. The molecule has 0 atom stereocenters. The molecule has 2 aromatic rings. The highest BCUT2D eigenvalue weighted by Crippen LogP contribution is 2.75. The van der Waals surface area contributed by atoms with Crippen LogP contribution in [0.1, 0.15) is 38.5 Å². The van der Waals surface area contributed by atoms with Crippen molar-refractivity contribution in [3.8, 4) is 5.75 Å². The van der Waals surface area contributed by atoms with E-state index in [1.54, 1.807) is 6.20 Å². The van der Waals surface area contributed by atoms with Crippen LogP contribution in [0.25, 0.3) is 0 Å². The smallest absolute Gasteiger partial charge is 0.170 e. The molecule has 3 aliphatic carbocycles. The molecule has 5 rings (SSSR count). The Kier molecular flexibility index (Phi) is 5.00. The number of nitrogens with zero attached hydrogens (tertiary/aromatic N) is 2. The Morgan fingerprint density at radius 1 is 1.29 bits per heavy atom. The number of carbonyl (C=O) groups is 2. The number of benzene rings is 1. The molecule has 0 radical (unpaired) electrons. The van der Waals surface area contributed by atoms with Gasteiger partial charge in [-0.15, -0.1) is 0 Å². The summed E-state index contributed by atoms with van der Waals surface area (Å²) in [5.74, 6) is 0.0207. The van der Waals surface area contributed by atoms with Crippen molar-refractivity contribution in [2.75, 3.05) is 6.61 Å². The fourth-order valence-corrected chi connectivity index (χ4v) is 4.90. The standard InChI is InChI=1S/C21H22ClFN2O3/c22-17-5-4-16(9-18(17)23)28-11-15(26)10-20-12-21(13-20,14-20)19(27)3-1-7-25-8-2-6-24-25/h2,4-6,8-9H,1,3,7,10-14H2. The number of rotatable bonds is 10. The highest BCUT2D eigenvalue weighted by molar-refractivity contribution is 6.30. The zero-order valence-corrected chi connectivity index (χ0v) is 16.3. The molecule has 3 saturated carbocycles. The van der Waals surface area contributed by atoms with E-state index in [-0.39, 0.29) is 34.0 Å². The van der Waals surface area contributed by atoms with Crippen molar-refractivity contribution < 1.29 is 18.7 Å². The molecular formula is C21H22ClFN2O3. The van der Waals surface area contributed by atoms with Crippen molar-refractivity contribution in [2.24, 2.45) is 10.8 Å². The molecule has 3 fully saturated rings. The molecule has 0 spiro atoms. The summed E-state index contributed by atoms with van der Waals surface area (Å²) >= 11 is 5.63. The van der Waals surface area contributed by atoms with Gasteiger partial charge >= 0.3 is 0 Å². The zero-order valence-electron chi connectivity index (χ0n) is 15.5. The van der Waals surface area contributed by atoms with Crippen molar-refractivity contribution in [3.63, 3.8) is 0 Å². The van der Waals surface area contributed by atoms with E-state index in [1.165, 1.54) is 18.2 Å². The van der Waals surface area contributed by atoms with Gasteiger partial charge in [-0.05, 0) is 49.3 Å². The topological polar surface area (TPSA) is 61.2 Å². The maximum atomic E-state index is 13.4. The number of ketones is 2. The van der Waals surface area contributed by atoms with E-state index in [0.717, 1.165) is 32.2 Å². The summed E-state index contributed by atoms with van der Waals surface area (Å²) in [6, 6.07) is 5.99. The van der Waals surface area contributed by atoms with Crippen molar-refractivity contribution in [1.29, 1.82) is 0 Å². The van der Waals surface area contributed by atoms with Gasteiger partial charge in [0, 0.05) is 43.3 Å². The van der Waals surface area contributed by atoms with E-state index in [0.29, 0.717) is 18.6 Å². The van der Waals surface area contributed by atoms with Crippen LogP contribution in [-0.4, -0.2) is 28.0 Å². The van der Waals surface area contributed by atoms with Crippen LogP contribution in [0.3, 0.4) is 0 Å². The molecule has 5 nitrogen and oxygen atoms in total. The molecule has 0 aliphatic heterocycles. The van der Waals surface area contributed by atoms with Crippen molar-refractivity contribution in [3.05, 3.63) is 47.5 Å². The van der Waals surface area contributed by atoms with Crippen molar-refractivity contribution in [1.82, 2.24) is 9.78 Å². The minimum absolute atomic E-state index is 0.0187. The monoisotopic (exact) mass is 404 g/mol. The Morgan fingerprint density at radius 3 is 2.75 bits per heavy atom. The maximum Gasteiger partial charge on any atom is 0.170 e. The number of halogens is 2. The van der Waals surface area contributed by atoms with Crippen LogP contribution in [0.2, 0.25) is 5.02 Å². The van der Waals surface area contributed by atoms with E-state index < -0.39 is 5.82 Å². The van der Waals surface area contributed by atoms with Crippen LogP contribution >= 0.6 is 11.6 Å². The Balaban J connectivity index is 1.18. The fraction of sp³-hybridized carbons (Fsp3) is 0.476. The highest BCUT2D eigenvalue weighted by Gasteiger charge is 2.70. The first-order chi connectivity index (χ1) is 13.4. The number of aryl methyl sites for hydroxylation is 1.